The molecule has 0 aromatic carbocycles. The van der Waals surface area contributed by atoms with Crippen LogP contribution < -0.4 is 10.6 Å². The molecule has 1 saturated heterocycles. The van der Waals surface area contributed by atoms with E-state index in [1.807, 2.05) is 0 Å². The molecule has 1 unspecified atom stereocenters. The molecule has 0 aromatic heterocycles. The SMILES string of the molecule is CCNC(=NCCCCN1CCOCC1)NCCC(OCC)C(C)C.I. The summed E-state index contributed by atoms with van der Waals surface area (Å²) in [6, 6.07) is 0. The lowest BCUT2D eigenvalue weighted by molar-refractivity contribution is 0.0258. The molecule has 0 spiro atoms. The predicted molar refractivity (Wildman–Crippen MR) is 121 cm³/mol. The number of nitrogens with zero attached hydrogens (tertiary/aromatic N) is 2. The van der Waals surface area contributed by atoms with Crippen LogP contribution in [0.3, 0.4) is 0 Å². The normalized spacial score (nSPS) is 17.0. The fourth-order valence-electron chi connectivity index (χ4n) is 2.96. The van der Waals surface area contributed by atoms with Crippen molar-refractivity contribution in [1.82, 2.24) is 15.5 Å². The molecular weight excluding hydrogens is 443 g/mol. The largest absolute Gasteiger partial charge is 0.379 e. The average molecular weight is 484 g/mol. The molecule has 1 aliphatic heterocycles. The van der Waals surface area contributed by atoms with Crippen LogP contribution in [0.1, 0.15) is 47.0 Å². The van der Waals surface area contributed by atoms with Crippen LogP contribution in [0.2, 0.25) is 0 Å². The number of ether oxygens (including phenoxy) is 2. The van der Waals surface area contributed by atoms with Gasteiger partial charge in [0.25, 0.3) is 0 Å². The van der Waals surface area contributed by atoms with Gasteiger partial charge in [-0.1, -0.05) is 13.8 Å². The summed E-state index contributed by atoms with van der Waals surface area (Å²) >= 11 is 0. The second-order valence-electron chi connectivity index (χ2n) is 6.88. The number of halogens is 1. The van der Waals surface area contributed by atoms with Crippen LogP contribution in [-0.2, 0) is 9.47 Å². The van der Waals surface area contributed by atoms with Gasteiger partial charge in [-0.3, -0.25) is 9.89 Å². The lowest BCUT2D eigenvalue weighted by atomic mass is 10.0. The molecule has 0 amide bonds. The number of nitrogens with one attached hydrogen (secondary N) is 2. The van der Waals surface area contributed by atoms with Crippen molar-refractivity contribution in [2.75, 3.05) is 59.1 Å². The first kappa shape index (κ1) is 25.9. The van der Waals surface area contributed by atoms with Gasteiger partial charge < -0.3 is 20.1 Å². The molecule has 1 fully saturated rings. The minimum absolute atomic E-state index is 0. The van der Waals surface area contributed by atoms with Crippen LogP contribution in [0.15, 0.2) is 4.99 Å². The van der Waals surface area contributed by atoms with Crippen molar-refractivity contribution in [3.05, 3.63) is 0 Å². The Bertz CT molecular complexity index is 350. The highest BCUT2D eigenvalue weighted by Gasteiger charge is 2.13. The molecule has 0 aliphatic carbocycles. The quantitative estimate of drug-likeness (QED) is 0.193. The van der Waals surface area contributed by atoms with Crippen LogP contribution in [-0.4, -0.2) is 76.1 Å². The Morgan fingerprint density at radius 1 is 1.15 bits per heavy atom. The van der Waals surface area contributed by atoms with E-state index < -0.39 is 0 Å². The topological polar surface area (TPSA) is 58.1 Å². The van der Waals surface area contributed by atoms with E-state index in [1.54, 1.807) is 0 Å². The monoisotopic (exact) mass is 484 g/mol. The fourth-order valence-corrected chi connectivity index (χ4v) is 2.96. The van der Waals surface area contributed by atoms with E-state index >= 15 is 0 Å². The highest BCUT2D eigenvalue weighted by Crippen LogP contribution is 2.09. The number of hydrogen-bond donors (Lipinski definition) is 2. The van der Waals surface area contributed by atoms with E-state index in [1.165, 1.54) is 6.42 Å². The molecule has 0 radical (unpaired) electrons. The third-order valence-electron chi connectivity index (χ3n) is 4.45. The minimum Gasteiger partial charge on any atom is -0.379 e. The predicted octanol–water partition coefficient (Wildman–Crippen LogP) is 2.72. The summed E-state index contributed by atoms with van der Waals surface area (Å²) in [7, 11) is 0. The second-order valence-corrected chi connectivity index (χ2v) is 6.88. The van der Waals surface area contributed by atoms with Gasteiger partial charge in [-0.25, -0.2) is 0 Å². The van der Waals surface area contributed by atoms with E-state index in [0.717, 1.165) is 77.9 Å². The van der Waals surface area contributed by atoms with Crippen molar-refractivity contribution < 1.29 is 9.47 Å². The van der Waals surface area contributed by atoms with Crippen LogP contribution in [0, 0.1) is 5.92 Å². The maximum absolute atomic E-state index is 5.80. The first-order valence-corrected chi connectivity index (χ1v) is 10.1. The van der Waals surface area contributed by atoms with Gasteiger partial charge in [-0.2, -0.15) is 0 Å². The van der Waals surface area contributed by atoms with Crippen molar-refractivity contribution in [1.29, 1.82) is 0 Å². The summed E-state index contributed by atoms with van der Waals surface area (Å²) < 4.78 is 11.2. The van der Waals surface area contributed by atoms with Crippen molar-refractivity contribution in [3.8, 4) is 0 Å². The zero-order valence-electron chi connectivity index (χ0n) is 17.3. The van der Waals surface area contributed by atoms with E-state index in [2.05, 4.69) is 43.2 Å². The Kier molecular flexibility index (Phi) is 16.9. The van der Waals surface area contributed by atoms with Gasteiger partial charge in [0.2, 0.25) is 0 Å². The lowest BCUT2D eigenvalue weighted by Crippen LogP contribution is -2.39. The van der Waals surface area contributed by atoms with Crippen molar-refractivity contribution in [2.24, 2.45) is 10.9 Å². The number of guanidine groups is 1. The molecule has 2 N–H and O–H groups in total. The summed E-state index contributed by atoms with van der Waals surface area (Å²) in [5.41, 5.74) is 0. The molecule has 6 nitrogen and oxygen atoms in total. The van der Waals surface area contributed by atoms with Crippen LogP contribution >= 0.6 is 24.0 Å². The molecule has 7 heteroatoms. The zero-order valence-corrected chi connectivity index (χ0v) is 19.6. The maximum atomic E-state index is 5.80. The van der Waals surface area contributed by atoms with E-state index in [9.17, 15) is 0 Å². The van der Waals surface area contributed by atoms with Gasteiger partial charge in [0, 0.05) is 39.3 Å². The Hall–Kier alpha value is -0.120. The van der Waals surface area contributed by atoms with E-state index in [-0.39, 0.29) is 24.0 Å². The Labute approximate surface area is 177 Å². The lowest BCUT2D eigenvalue weighted by Gasteiger charge is -2.26. The van der Waals surface area contributed by atoms with Gasteiger partial charge in [0.15, 0.2) is 5.96 Å². The summed E-state index contributed by atoms with van der Waals surface area (Å²) in [6.07, 6.45) is 3.64. The smallest absolute Gasteiger partial charge is 0.191 e. The van der Waals surface area contributed by atoms with Crippen molar-refractivity contribution in [3.63, 3.8) is 0 Å². The molecule has 156 valence electrons. The average Bonchev–Trinajstić information content (AvgIpc) is 2.61. The molecular formula is C19H41IN4O2. The second kappa shape index (κ2) is 17.0. The van der Waals surface area contributed by atoms with Gasteiger partial charge in [-0.05, 0) is 45.6 Å². The van der Waals surface area contributed by atoms with Crippen LogP contribution in [0.4, 0.5) is 0 Å². The minimum atomic E-state index is 0. The highest BCUT2D eigenvalue weighted by atomic mass is 127. The van der Waals surface area contributed by atoms with Crippen molar-refractivity contribution in [2.45, 2.75) is 53.1 Å². The zero-order chi connectivity index (χ0) is 18.3. The molecule has 26 heavy (non-hydrogen) atoms. The molecule has 0 aromatic rings. The van der Waals surface area contributed by atoms with Crippen LogP contribution in [0.5, 0.6) is 0 Å². The first-order chi connectivity index (χ1) is 12.2. The number of aliphatic imine (C=N–C) groups is 1. The summed E-state index contributed by atoms with van der Waals surface area (Å²) in [5.74, 6) is 1.47. The number of rotatable bonds is 12. The van der Waals surface area contributed by atoms with Gasteiger partial charge >= 0.3 is 0 Å². The Morgan fingerprint density at radius 2 is 1.88 bits per heavy atom. The van der Waals surface area contributed by atoms with Gasteiger partial charge in [-0.15, -0.1) is 24.0 Å². The molecule has 1 atom stereocenters. The third kappa shape index (κ3) is 12.3. The van der Waals surface area contributed by atoms with Gasteiger partial charge in [0.1, 0.15) is 0 Å². The van der Waals surface area contributed by atoms with E-state index in [0.29, 0.717) is 12.0 Å². The molecule has 0 saturated carbocycles. The standard InChI is InChI=1S/C19H40N4O2.HI/c1-5-20-19(22-11-9-18(17(3)4)25-6-2)21-10-7-8-12-23-13-15-24-16-14-23;/h17-18H,5-16H2,1-4H3,(H2,20,21,22);1H. The third-order valence-corrected chi connectivity index (χ3v) is 4.45. The molecule has 1 heterocycles. The van der Waals surface area contributed by atoms with Crippen LogP contribution in [0.25, 0.3) is 0 Å². The molecule has 0 bridgehead atoms. The summed E-state index contributed by atoms with van der Waals surface area (Å²) in [6.45, 7) is 17.1. The number of morpholine rings is 1. The van der Waals surface area contributed by atoms with Crippen molar-refractivity contribution >= 4 is 29.9 Å². The Morgan fingerprint density at radius 3 is 2.50 bits per heavy atom. The Balaban J connectivity index is 0.00000625. The number of unbranched alkanes of at least 4 members (excludes halogenated alkanes) is 1. The van der Waals surface area contributed by atoms with E-state index in [4.69, 9.17) is 14.5 Å². The summed E-state index contributed by atoms with van der Waals surface area (Å²) in [4.78, 5) is 7.18. The number of hydrogen-bond acceptors (Lipinski definition) is 4. The summed E-state index contributed by atoms with van der Waals surface area (Å²) in [5, 5.41) is 6.77. The molecule has 1 aliphatic rings. The molecule has 1 rings (SSSR count). The highest BCUT2D eigenvalue weighted by molar-refractivity contribution is 14.0. The fraction of sp³-hybridized carbons (Fsp3) is 0.947. The van der Waals surface area contributed by atoms with Gasteiger partial charge in [0.05, 0.1) is 19.3 Å². The maximum Gasteiger partial charge on any atom is 0.191 e. The first-order valence-electron chi connectivity index (χ1n) is 10.1.